The molecular formula is C20H18ClN3O5S. The summed E-state index contributed by atoms with van der Waals surface area (Å²) in [6, 6.07) is 13.2. The van der Waals surface area contributed by atoms with E-state index in [9.17, 15) is 18.0 Å². The van der Waals surface area contributed by atoms with Gasteiger partial charge in [0.25, 0.3) is 21.8 Å². The molecule has 3 aromatic rings. The van der Waals surface area contributed by atoms with Gasteiger partial charge < -0.3 is 4.42 Å². The number of benzene rings is 2. The molecule has 156 valence electrons. The number of nitrogens with one attached hydrogen (secondary N) is 3. The second kappa shape index (κ2) is 8.60. The lowest BCUT2D eigenvalue weighted by molar-refractivity contribution is 0.0845. The van der Waals surface area contributed by atoms with Gasteiger partial charge in [-0.3, -0.25) is 25.2 Å². The van der Waals surface area contributed by atoms with E-state index < -0.39 is 21.8 Å². The number of furan rings is 1. The Labute approximate surface area is 178 Å². The Morgan fingerprint density at radius 3 is 2.30 bits per heavy atom. The van der Waals surface area contributed by atoms with Crippen LogP contribution in [0.3, 0.4) is 0 Å². The first-order valence-electron chi connectivity index (χ1n) is 8.72. The molecule has 0 unspecified atom stereocenters. The van der Waals surface area contributed by atoms with Crippen LogP contribution in [0.2, 0.25) is 5.02 Å². The van der Waals surface area contributed by atoms with Crippen molar-refractivity contribution in [1.82, 2.24) is 10.9 Å². The number of hydrogen-bond acceptors (Lipinski definition) is 5. The predicted octanol–water partition coefficient (Wildman–Crippen LogP) is 3.43. The summed E-state index contributed by atoms with van der Waals surface area (Å²) in [4.78, 5) is 24.4. The molecule has 0 aliphatic carbocycles. The highest BCUT2D eigenvalue weighted by molar-refractivity contribution is 7.92. The number of aryl methyl sites for hydroxylation is 2. The Kier molecular flexibility index (Phi) is 6.14. The average Bonchev–Trinajstić information content (AvgIpc) is 3.04. The van der Waals surface area contributed by atoms with Gasteiger partial charge in [-0.2, -0.15) is 0 Å². The Morgan fingerprint density at radius 2 is 1.63 bits per heavy atom. The largest absolute Gasteiger partial charge is 0.466 e. The van der Waals surface area contributed by atoms with Gasteiger partial charge in [0.1, 0.15) is 11.5 Å². The van der Waals surface area contributed by atoms with Crippen molar-refractivity contribution in [2.45, 2.75) is 18.7 Å². The summed E-state index contributed by atoms with van der Waals surface area (Å²) in [5, 5.41) is 0.377. The number of hydrazine groups is 1. The zero-order chi connectivity index (χ0) is 21.9. The van der Waals surface area contributed by atoms with Gasteiger partial charge in [-0.25, -0.2) is 8.42 Å². The van der Waals surface area contributed by atoms with Crippen LogP contribution in [0.5, 0.6) is 0 Å². The maximum atomic E-state index is 12.6. The number of sulfonamides is 1. The van der Waals surface area contributed by atoms with Crippen molar-refractivity contribution >= 4 is 39.1 Å². The van der Waals surface area contributed by atoms with Crippen molar-refractivity contribution in [2.24, 2.45) is 0 Å². The molecule has 8 nitrogen and oxygen atoms in total. The van der Waals surface area contributed by atoms with Crippen molar-refractivity contribution in [3.63, 3.8) is 0 Å². The van der Waals surface area contributed by atoms with Crippen LogP contribution in [-0.4, -0.2) is 20.2 Å². The summed E-state index contributed by atoms with van der Waals surface area (Å²) >= 11 is 5.87. The lowest BCUT2D eigenvalue weighted by atomic mass is 10.2. The topological polar surface area (TPSA) is 118 Å². The molecule has 0 saturated heterocycles. The van der Waals surface area contributed by atoms with Crippen LogP contribution in [0.4, 0.5) is 5.69 Å². The molecule has 2 amide bonds. The summed E-state index contributed by atoms with van der Waals surface area (Å²) in [5.41, 5.74) is 5.15. The van der Waals surface area contributed by atoms with Crippen molar-refractivity contribution < 1.29 is 22.4 Å². The lowest BCUT2D eigenvalue weighted by Gasteiger charge is -2.10. The van der Waals surface area contributed by atoms with Crippen molar-refractivity contribution in [3.8, 4) is 0 Å². The molecule has 2 aromatic carbocycles. The van der Waals surface area contributed by atoms with Crippen molar-refractivity contribution in [3.05, 3.63) is 82.3 Å². The van der Waals surface area contributed by atoms with Gasteiger partial charge in [0.15, 0.2) is 0 Å². The van der Waals surface area contributed by atoms with Gasteiger partial charge in [0, 0.05) is 10.6 Å². The molecule has 0 bridgehead atoms. The molecule has 1 heterocycles. The minimum Gasteiger partial charge on any atom is -0.466 e. The highest BCUT2D eigenvalue weighted by atomic mass is 35.5. The Morgan fingerprint density at radius 1 is 0.933 bits per heavy atom. The van der Waals surface area contributed by atoms with Crippen molar-refractivity contribution in [1.29, 1.82) is 0 Å². The summed E-state index contributed by atoms with van der Waals surface area (Å²) in [5.74, 6) is -0.251. The van der Waals surface area contributed by atoms with Crippen molar-refractivity contribution in [2.75, 3.05) is 4.72 Å². The summed E-state index contributed by atoms with van der Waals surface area (Å²) in [6.07, 6.45) is 0. The number of carbonyl (C=O) groups excluding carboxylic acids is 2. The van der Waals surface area contributed by atoms with E-state index in [4.69, 9.17) is 16.0 Å². The zero-order valence-corrected chi connectivity index (χ0v) is 17.6. The quantitative estimate of drug-likeness (QED) is 0.518. The second-order valence-electron chi connectivity index (χ2n) is 6.38. The molecule has 3 rings (SSSR count). The maximum Gasteiger partial charge on any atom is 0.273 e. The molecule has 0 aliphatic rings. The van der Waals surface area contributed by atoms with Gasteiger partial charge in [-0.15, -0.1) is 0 Å². The molecule has 3 N–H and O–H groups in total. The lowest BCUT2D eigenvalue weighted by Crippen LogP contribution is -2.41. The maximum absolute atomic E-state index is 12.6. The van der Waals surface area contributed by atoms with Crippen LogP contribution >= 0.6 is 11.6 Å². The molecule has 0 spiro atoms. The Balaban J connectivity index is 1.71. The van der Waals surface area contributed by atoms with Crippen LogP contribution in [0.15, 0.2) is 63.9 Å². The highest BCUT2D eigenvalue weighted by Crippen LogP contribution is 2.20. The van der Waals surface area contributed by atoms with Gasteiger partial charge in [0.05, 0.1) is 16.1 Å². The fourth-order valence-electron chi connectivity index (χ4n) is 2.68. The first-order chi connectivity index (χ1) is 14.2. The first-order valence-corrected chi connectivity index (χ1v) is 10.6. The molecule has 0 saturated carbocycles. The van der Waals surface area contributed by atoms with Gasteiger partial charge in [-0.05, 0) is 56.3 Å². The Bertz CT molecular complexity index is 1220. The molecule has 10 heteroatoms. The number of rotatable bonds is 5. The van der Waals surface area contributed by atoms with E-state index in [1.165, 1.54) is 30.3 Å². The molecule has 1 aromatic heterocycles. The normalized spacial score (nSPS) is 11.0. The van der Waals surface area contributed by atoms with Crippen LogP contribution in [0.1, 0.15) is 32.2 Å². The van der Waals surface area contributed by atoms with Crippen LogP contribution in [-0.2, 0) is 10.0 Å². The molecule has 0 fully saturated rings. The SMILES string of the molecule is Cc1cc(C(=O)NNC(=O)c2cccc(S(=O)(=O)Nc3cccc(Cl)c3)c2)c(C)o1. The number of halogens is 1. The second-order valence-corrected chi connectivity index (χ2v) is 8.50. The summed E-state index contributed by atoms with van der Waals surface area (Å²) < 4.78 is 32.9. The number of hydrogen-bond donors (Lipinski definition) is 3. The van der Waals surface area contributed by atoms with Gasteiger partial charge >= 0.3 is 0 Å². The average molecular weight is 448 g/mol. The third kappa shape index (κ3) is 5.00. The standard InChI is InChI=1S/C20H18ClN3O5S/c1-12-9-18(13(2)29-12)20(26)23-22-19(25)14-5-3-8-17(10-14)30(27,28)24-16-7-4-6-15(21)11-16/h3-11,24H,1-2H3,(H,22,25)(H,23,26). The van der Waals surface area contributed by atoms with E-state index in [0.29, 0.717) is 16.5 Å². The van der Waals surface area contributed by atoms with E-state index in [1.54, 1.807) is 38.1 Å². The van der Waals surface area contributed by atoms with E-state index in [0.717, 1.165) is 0 Å². The molecule has 0 atom stereocenters. The fourth-order valence-corrected chi connectivity index (χ4v) is 3.97. The minimum atomic E-state index is -3.95. The highest BCUT2D eigenvalue weighted by Gasteiger charge is 2.18. The minimum absolute atomic E-state index is 0.0457. The fraction of sp³-hybridized carbons (Fsp3) is 0.100. The zero-order valence-electron chi connectivity index (χ0n) is 16.0. The summed E-state index contributed by atoms with van der Waals surface area (Å²) in [6.45, 7) is 3.33. The smallest absolute Gasteiger partial charge is 0.273 e. The van der Waals surface area contributed by atoms with E-state index in [-0.39, 0.29) is 21.7 Å². The number of amides is 2. The number of anilines is 1. The number of carbonyl (C=O) groups is 2. The van der Waals surface area contributed by atoms with E-state index in [1.807, 2.05) is 0 Å². The molecule has 30 heavy (non-hydrogen) atoms. The van der Waals surface area contributed by atoms with Gasteiger partial charge in [-0.1, -0.05) is 23.7 Å². The predicted molar refractivity (Wildman–Crippen MR) is 112 cm³/mol. The molecular weight excluding hydrogens is 430 g/mol. The van der Waals surface area contributed by atoms with E-state index in [2.05, 4.69) is 15.6 Å². The molecule has 0 radical (unpaired) electrons. The third-order valence-corrected chi connectivity index (χ3v) is 5.67. The Hall–Kier alpha value is -3.30. The molecule has 0 aliphatic heterocycles. The van der Waals surface area contributed by atoms with Crippen LogP contribution in [0.25, 0.3) is 0 Å². The first kappa shape index (κ1) is 21.4. The van der Waals surface area contributed by atoms with E-state index >= 15 is 0 Å². The van der Waals surface area contributed by atoms with Crippen LogP contribution in [0, 0.1) is 13.8 Å². The summed E-state index contributed by atoms with van der Waals surface area (Å²) in [7, 11) is -3.95. The van der Waals surface area contributed by atoms with Gasteiger partial charge in [0.2, 0.25) is 0 Å². The van der Waals surface area contributed by atoms with Crippen LogP contribution < -0.4 is 15.6 Å². The monoisotopic (exact) mass is 447 g/mol. The third-order valence-electron chi connectivity index (χ3n) is 4.06.